The molecule has 7 atom stereocenters. The second-order valence-electron chi connectivity index (χ2n) is 14.5. The van der Waals surface area contributed by atoms with Crippen molar-refractivity contribution in [2.75, 3.05) is 19.8 Å². The number of rotatable bonds is 31. The fraction of sp³-hybridized carbons (Fsp3) is 0.854. The van der Waals surface area contributed by atoms with Gasteiger partial charge in [-0.25, -0.2) is 5.48 Å². The van der Waals surface area contributed by atoms with E-state index in [-0.39, 0.29) is 31.5 Å². The van der Waals surface area contributed by atoms with Gasteiger partial charge >= 0.3 is 29.8 Å². The number of carbonyl (C=O) groups excluding carboxylic acids is 6. The molecule has 56 heavy (non-hydrogen) atoms. The number of hydrogen-bond acceptors (Lipinski definition) is 14. The molecule has 0 radical (unpaired) electrons. The van der Waals surface area contributed by atoms with Crippen molar-refractivity contribution in [1.82, 2.24) is 5.48 Å². The van der Waals surface area contributed by atoms with Crippen LogP contribution in [0.1, 0.15) is 164 Å². The highest BCUT2D eigenvalue weighted by atomic mass is 16.7. The van der Waals surface area contributed by atoms with Crippen LogP contribution in [0, 0.1) is 5.92 Å². The summed E-state index contributed by atoms with van der Waals surface area (Å²) in [6.45, 7) is 9.61. The van der Waals surface area contributed by atoms with Crippen molar-refractivity contribution in [2.45, 2.75) is 201 Å². The van der Waals surface area contributed by atoms with Gasteiger partial charge in [0.05, 0.1) is 6.61 Å². The third kappa shape index (κ3) is 23.1. The maximum Gasteiger partial charge on any atom is 0.305 e. The lowest BCUT2D eigenvalue weighted by Crippen LogP contribution is -2.63. The zero-order valence-corrected chi connectivity index (χ0v) is 35.1. The Bertz CT molecular complexity index is 1150. The summed E-state index contributed by atoms with van der Waals surface area (Å²) in [5.74, 6) is -4.07. The number of ether oxygens (including phenoxy) is 7. The number of hydroxylamine groups is 1. The normalized spacial score (nSPS) is 20.3. The third-order valence-corrected chi connectivity index (χ3v) is 9.41. The van der Waals surface area contributed by atoms with Gasteiger partial charge in [-0.1, -0.05) is 111 Å². The Hall–Kier alpha value is -3.30. The summed E-state index contributed by atoms with van der Waals surface area (Å²) in [6, 6.07) is 0. The van der Waals surface area contributed by atoms with Gasteiger partial charge in [-0.3, -0.25) is 33.6 Å². The Morgan fingerprint density at radius 3 is 1.62 bits per heavy atom. The Labute approximate surface area is 334 Å². The summed E-state index contributed by atoms with van der Waals surface area (Å²) in [5, 5.41) is 0. The van der Waals surface area contributed by atoms with Crippen LogP contribution in [-0.2, 0) is 66.8 Å². The van der Waals surface area contributed by atoms with Gasteiger partial charge in [-0.05, 0) is 19.3 Å². The third-order valence-electron chi connectivity index (χ3n) is 9.41. The van der Waals surface area contributed by atoms with Crippen molar-refractivity contribution in [3.8, 4) is 0 Å². The van der Waals surface area contributed by atoms with Crippen LogP contribution < -0.4 is 5.48 Å². The summed E-state index contributed by atoms with van der Waals surface area (Å²) in [4.78, 5) is 79.7. The van der Waals surface area contributed by atoms with E-state index in [9.17, 15) is 28.8 Å². The number of hydrogen-bond donors (Lipinski definition) is 1. The van der Waals surface area contributed by atoms with Crippen molar-refractivity contribution in [2.24, 2.45) is 5.92 Å². The molecule has 1 aliphatic rings. The Balaban J connectivity index is 2.96. The molecule has 1 aliphatic heterocycles. The Morgan fingerprint density at radius 1 is 0.589 bits per heavy atom. The van der Waals surface area contributed by atoms with Gasteiger partial charge in [0.1, 0.15) is 25.4 Å². The first-order chi connectivity index (χ1) is 26.8. The summed E-state index contributed by atoms with van der Waals surface area (Å²) >= 11 is 0. The second kappa shape index (κ2) is 30.8. The topological polar surface area (TPSA) is 188 Å². The van der Waals surface area contributed by atoms with E-state index in [2.05, 4.69) is 12.4 Å². The second-order valence-corrected chi connectivity index (χ2v) is 14.5. The zero-order valence-electron chi connectivity index (χ0n) is 35.1. The molecule has 0 aliphatic carbocycles. The fourth-order valence-corrected chi connectivity index (χ4v) is 6.38. The van der Waals surface area contributed by atoms with Gasteiger partial charge in [-0.2, -0.15) is 0 Å². The quantitative estimate of drug-likeness (QED) is 0.0336. The number of carbonyl (C=O) groups is 6. The first kappa shape index (κ1) is 50.7. The smallest absolute Gasteiger partial charge is 0.305 e. The molecule has 15 heteroatoms. The van der Waals surface area contributed by atoms with Crippen LogP contribution >= 0.6 is 0 Å². The van der Waals surface area contributed by atoms with Crippen LogP contribution in [0.15, 0.2) is 0 Å². The monoisotopic (exact) mass is 801 g/mol. The predicted octanol–water partition coefficient (Wildman–Crippen LogP) is 6.74. The highest BCUT2D eigenvalue weighted by molar-refractivity contribution is 5.77. The largest absolute Gasteiger partial charge is 0.463 e. The maximum atomic E-state index is 13.0. The molecule has 1 rings (SSSR count). The molecule has 0 bridgehead atoms. The van der Waals surface area contributed by atoms with E-state index < -0.39 is 73.3 Å². The van der Waals surface area contributed by atoms with Crippen LogP contribution in [0.2, 0.25) is 0 Å². The summed E-state index contributed by atoms with van der Waals surface area (Å²) in [5.41, 5.74) is 2.48. The Kier molecular flexibility index (Phi) is 27.9. The van der Waals surface area contributed by atoms with E-state index in [0.29, 0.717) is 19.3 Å². The average Bonchev–Trinajstić information content (AvgIpc) is 3.14. The lowest BCUT2D eigenvalue weighted by atomic mass is 9.98. The molecule has 0 spiro atoms. The van der Waals surface area contributed by atoms with Gasteiger partial charge in [0, 0.05) is 40.0 Å². The molecule has 1 heterocycles. The number of unbranched alkanes of at least 4 members (excludes halogenated alkanes) is 13. The fourth-order valence-electron chi connectivity index (χ4n) is 6.38. The zero-order chi connectivity index (χ0) is 41.7. The van der Waals surface area contributed by atoms with E-state index in [1.165, 1.54) is 64.7 Å². The SMILES string of the molecule is CCCCCCCCCCCCCCCC(=O)OCC(CO[C@@H]1O[C@H](COC(C)=O)[C@@H](OC(C)=O)[C@H](OC(C)=O)[C@H]1OC(C)=O)ONC(=O)C(CC)CCCC. The predicted molar refractivity (Wildman–Crippen MR) is 206 cm³/mol. The van der Waals surface area contributed by atoms with Gasteiger partial charge in [0.25, 0.3) is 0 Å². The van der Waals surface area contributed by atoms with Gasteiger partial charge in [0.2, 0.25) is 5.91 Å². The van der Waals surface area contributed by atoms with Crippen LogP contribution in [0.3, 0.4) is 0 Å². The molecule has 1 fully saturated rings. The van der Waals surface area contributed by atoms with Crippen molar-refractivity contribution in [3.63, 3.8) is 0 Å². The minimum atomic E-state index is -1.48. The number of esters is 5. The van der Waals surface area contributed by atoms with E-state index >= 15 is 0 Å². The molecule has 1 saturated heterocycles. The molecule has 0 saturated carbocycles. The highest BCUT2D eigenvalue weighted by Crippen LogP contribution is 2.30. The standard InChI is InChI=1S/C41H71NO14/c1-8-11-13-14-15-16-17-18-19-20-21-22-23-25-36(47)50-26-34(56-42-40(48)33(10-3)24-12-9-2)27-51-41-39(54-32(7)46)38(53-31(6)45)37(52-30(5)44)35(55-41)28-49-29(4)43/h33-35,37-39,41H,8-28H2,1-7H3,(H,42,48)/t33?,34?,35-,37-,38+,39-,41-/m1/s1. The molecule has 0 aromatic rings. The van der Waals surface area contributed by atoms with Gasteiger partial charge in [-0.15, -0.1) is 0 Å². The van der Waals surface area contributed by atoms with Crippen molar-refractivity contribution >= 4 is 35.8 Å². The maximum absolute atomic E-state index is 13.0. The lowest BCUT2D eigenvalue weighted by molar-refractivity contribution is -0.312. The first-order valence-electron chi connectivity index (χ1n) is 20.9. The Morgan fingerprint density at radius 2 is 1.11 bits per heavy atom. The summed E-state index contributed by atoms with van der Waals surface area (Å²) < 4.78 is 39.0. The van der Waals surface area contributed by atoms with E-state index in [4.69, 9.17) is 38.0 Å². The molecule has 0 aromatic carbocycles. The van der Waals surface area contributed by atoms with Gasteiger partial charge < -0.3 is 33.2 Å². The van der Waals surface area contributed by atoms with Gasteiger partial charge in [0.15, 0.2) is 24.6 Å². The van der Waals surface area contributed by atoms with E-state index in [1.54, 1.807) is 0 Å². The molecular weight excluding hydrogens is 730 g/mol. The van der Waals surface area contributed by atoms with Crippen molar-refractivity contribution in [3.05, 3.63) is 0 Å². The number of nitrogens with one attached hydrogen (secondary N) is 1. The van der Waals surface area contributed by atoms with Crippen molar-refractivity contribution in [1.29, 1.82) is 0 Å². The van der Waals surface area contributed by atoms with Crippen LogP contribution in [-0.4, -0.2) is 92.4 Å². The molecule has 324 valence electrons. The van der Waals surface area contributed by atoms with E-state index in [1.807, 2.05) is 13.8 Å². The van der Waals surface area contributed by atoms with Crippen LogP contribution in [0.5, 0.6) is 0 Å². The molecular formula is C41H71NO14. The molecule has 15 nitrogen and oxygen atoms in total. The molecule has 1 amide bonds. The lowest BCUT2D eigenvalue weighted by Gasteiger charge is -2.44. The minimum Gasteiger partial charge on any atom is -0.463 e. The van der Waals surface area contributed by atoms with Crippen LogP contribution in [0.4, 0.5) is 0 Å². The first-order valence-corrected chi connectivity index (χ1v) is 20.9. The van der Waals surface area contributed by atoms with Crippen molar-refractivity contribution < 1.29 is 66.8 Å². The molecule has 0 aromatic heterocycles. The summed E-state index contributed by atoms with van der Waals surface area (Å²) in [6.07, 6.45) is 10.6. The summed E-state index contributed by atoms with van der Waals surface area (Å²) in [7, 11) is 0. The molecule has 1 N–H and O–H groups in total. The average molecular weight is 802 g/mol. The van der Waals surface area contributed by atoms with E-state index in [0.717, 1.165) is 52.9 Å². The number of amides is 1. The molecule has 2 unspecified atom stereocenters. The highest BCUT2D eigenvalue weighted by Gasteiger charge is 2.53. The van der Waals surface area contributed by atoms with Crippen LogP contribution in [0.25, 0.3) is 0 Å². The minimum absolute atomic E-state index is 0.215.